The summed E-state index contributed by atoms with van der Waals surface area (Å²) >= 11 is 0. The third-order valence-corrected chi connectivity index (χ3v) is 4.50. The van der Waals surface area contributed by atoms with Crippen LogP contribution in [0.3, 0.4) is 0 Å². The van der Waals surface area contributed by atoms with Crippen molar-refractivity contribution < 1.29 is 18.4 Å². The number of urea groups is 1. The van der Waals surface area contributed by atoms with E-state index >= 15 is 0 Å². The smallest absolute Gasteiger partial charge is 0.321 e. The quantitative estimate of drug-likeness (QED) is 0.908. The highest BCUT2D eigenvalue weighted by atomic mass is 19.3. The summed E-state index contributed by atoms with van der Waals surface area (Å²) in [6.45, 7) is 2.77. The highest BCUT2D eigenvalue weighted by molar-refractivity contribution is 5.97. The molecule has 0 bridgehead atoms. The molecule has 1 aromatic carbocycles. The highest BCUT2D eigenvalue weighted by Crippen LogP contribution is 2.33. The largest absolute Gasteiger partial charge is 0.338 e. The second kappa shape index (κ2) is 5.79. The minimum absolute atomic E-state index is 0.0577. The van der Waals surface area contributed by atoms with E-state index in [1.54, 1.807) is 29.2 Å². The van der Waals surface area contributed by atoms with Crippen LogP contribution >= 0.6 is 0 Å². The number of hydrogen-bond donors (Lipinski definition) is 1. The van der Waals surface area contributed by atoms with Crippen LogP contribution in [-0.2, 0) is 0 Å². The zero-order valence-corrected chi connectivity index (χ0v) is 12.9. The van der Waals surface area contributed by atoms with Crippen molar-refractivity contribution in [1.82, 2.24) is 10.2 Å². The molecule has 0 aromatic heterocycles. The molecule has 0 saturated carbocycles. The van der Waals surface area contributed by atoms with Gasteiger partial charge in [-0.25, -0.2) is 13.6 Å². The van der Waals surface area contributed by atoms with Crippen LogP contribution in [0.25, 0.3) is 0 Å². The van der Waals surface area contributed by atoms with Crippen molar-refractivity contribution in [3.8, 4) is 0 Å². The van der Waals surface area contributed by atoms with Gasteiger partial charge in [0.15, 0.2) is 0 Å². The van der Waals surface area contributed by atoms with Crippen molar-refractivity contribution in [3.63, 3.8) is 0 Å². The first-order valence-electron chi connectivity index (χ1n) is 7.71. The van der Waals surface area contributed by atoms with E-state index in [4.69, 9.17) is 0 Å². The molecule has 2 heterocycles. The Morgan fingerprint density at radius 2 is 1.96 bits per heavy atom. The number of carbonyl (C=O) groups excluding carboxylic acids is 2. The monoisotopic (exact) mass is 323 g/mol. The lowest BCUT2D eigenvalue weighted by Gasteiger charge is -2.36. The molecule has 1 atom stereocenters. The van der Waals surface area contributed by atoms with Gasteiger partial charge in [0, 0.05) is 49.8 Å². The molecule has 3 rings (SSSR count). The molecule has 124 valence electrons. The topological polar surface area (TPSA) is 52.7 Å². The Kier molecular flexibility index (Phi) is 3.95. The number of carbonyl (C=O) groups is 2. The summed E-state index contributed by atoms with van der Waals surface area (Å²) < 4.78 is 27.0. The molecule has 1 N–H and O–H groups in total. The second-order valence-electron chi connectivity index (χ2n) is 6.09. The Morgan fingerprint density at radius 3 is 2.52 bits per heavy atom. The normalized spacial score (nSPS) is 23.8. The van der Waals surface area contributed by atoms with Gasteiger partial charge in [-0.2, -0.15) is 0 Å². The van der Waals surface area contributed by atoms with E-state index < -0.39 is 11.8 Å². The fourth-order valence-electron chi connectivity index (χ4n) is 2.95. The molecule has 1 unspecified atom stereocenters. The van der Waals surface area contributed by atoms with Crippen molar-refractivity contribution in [2.24, 2.45) is 5.92 Å². The predicted octanol–water partition coefficient (Wildman–Crippen LogP) is 2.33. The van der Waals surface area contributed by atoms with Crippen LogP contribution in [-0.4, -0.2) is 48.9 Å². The van der Waals surface area contributed by atoms with E-state index in [1.807, 2.05) is 0 Å². The zero-order valence-electron chi connectivity index (χ0n) is 12.9. The van der Waals surface area contributed by atoms with Gasteiger partial charge in [0.25, 0.3) is 11.8 Å². The number of rotatable bonds is 2. The van der Waals surface area contributed by atoms with Crippen LogP contribution in [0.2, 0.25) is 0 Å². The van der Waals surface area contributed by atoms with Gasteiger partial charge >= 0.3 is 6.03 Å². The Balaban J connectivity index is 1.70. The maximum Gasteiger partial charge on any atom is 0.321 e. The molecule has 0 aliphatic carbocycles. The van der Waals surface area contributed by atoms with Crippen molar-refractivity contribution in [2.45, 2.75) is 19.3 Å². The highest BCUT2D eigenvalue weighted by Gasteiger charge is 2.42. The van der Waals surface area contributed by atoms with Crippen molar-refractivity contribution in [3.05, 3.63) is 29.8 Å². The first-order valence-corrected chi connectivity index (χ1v) is 7.71. The molecule has 5 nitrogen and oxygen atoms in total. The summed E-state index contributed by atoms with van der Waals surface area (Å²) in [5.74, 6) is -3.79. The van der Waals surface area contributed by atoms with Gasteiger partial charge in [0.05, 0.1) is 0 Å². The fraction of sp³-hybridized carbons (Fsp3) is 0.500. The summed E-state index contributed by atoms with van der Waals surface area (Å²) in [6.07, 6.45) is -0.300. The summed E-state index contributed by atoms with van der Waals surface area (Å²) in [6, 6.07) is 6.54. The molecule has 0 spiro atoms. The number of piperidine rings is 1. The van der Waals surface area contributed by atoms with Gasteiger partial charge in [-0.3, -0.25) is 9.69 Å². The number of nitrogens with one attached hydrogen (secondary N) is 1. The average Bonchev–Trinajstić information content (AvgIpc) is 2.96. The van der Waals surface area contributed by atoms with E-state index in [9.17, 15) is 18.4 Å². The number of alkyl halides is 2. The molecule has 1 aromatic rings. The number of halogens is 2. The van der Waals surface area contributed by atoms with Gasteiger partial charge in [0.1, 0.15) is 0 Å². The first-order chi connectivity index (χ1) is 10.9. The van der Waals surface area contributed by atoms with E-state index in [0.717, 1.165) is 5.69 Å². The third-order valence-electron chi connectivity index (χ3n) is 4.50. The van der Waals surface area contributed by atoms with Crippen LogP contribution in [0.4, 0.5) is 19.3 Å². The number of likely N-dealkylation sites (tertiary alicyclic amines) is 1. The third kappa shape index (κ3) is 3.00. The second-order valence-corrected chi connectivity index (χ2v) is 6.09. The zero-order chi connectivity index (χ0) is 16.6. The lowest BCUT2D eigenvalue weighted by atomic mass is 9.95. The van der Waals surface area contributed by atoms with Gasteiger partial charge in [-0.15, -0.1) is 0 Å². The lowest BCUT2D eigenvalue weighted by Crippen LogP contribution is -2.48. The molecule has 2 aliphatic heterocycles. The predicted molar refractivity (Wildman–Crippen MR) is 81.8 cm³/mol. The van der Waals surface area contributed by atoms with E-state index in [0.29, 0.717) is 18.7 Å². The molecule has 2 saturated heterocycles. The van der Waals surface area contributed by atoms with Crippen molar-refractivity contribution in [1.29, 1.82) is 0 Å². The van der Waals surface area contributed by atoms with Gasteiger partial charge < -0.3 is 10.2 Å². The Morgan fingerprint density at radius 1 is 1.26 bits per heavy atom. The summed E-state index contributed by atoms with van der Waals surface area (Å²) in [7, 11) is 0. The van der Waals surface area contributed by atoms with Crippen LogP contribution in [0, 0.1) is 5.92 Å². The molecular formula is C16H19F2N3O2. The van der Waals surface area contributed by atoms with E-state index in [-0.39, 0.29) is 31.4 Å². The number of benzene rings is 1. The average molecular weight is 323 g/mol. The van der Waals surface area contributed by atoms with E-state index in [1.165, 1.54) is 11.8 Å². The minimum Gasteiger partial charge on any atom is -0.338 e. The molecule has 2 fully saturated rings. The molecule has 2 aliphatic rings. The Hall–Kier alpha value is -2.18. The lowest BCUT2D eigenvalue weighted by molar-refractivity contribution is -0.0921. The molecule has 7 heteroatoms. The first kappa shape index (κ1) is 15.7. The number of amides is 3. The Labute approximate surface area is 133 Å². The summed E-state index contributed by atoms with van der Waals surface area (Å²) in [5, 5.41) is 2.71. The molecular weight excluding hydrogens is 304 g/mol. The number of nitrogens with zero attached hydrogens (tertiary/aromatic N) is 2. The van der Waals surface area contributed by atoms with Gasteiger partial charge in [0.2, 0.25) is 0 Å². The van der Waals surface area contributed by atoms with Crippen LogP contribution in [0.15, 0.2) is 24.3 Å². The van der Waals surface area contributed by atoms with E-state index in [2.05, 4.69) is 5.32 Å². The maximum atomic E-state index is 13.5. The summed E-state index contributed by atoms with van der Waals surface area (Å²) in [4.78, 5) is 27.1. The standard InChI is InChI=1S/C16H19F2N3O2/c1-11-10-20(8-6-16(11,17)18)14(22)12-2-4-13(5-3-12)21-9-7-19-15(21)23/h2-5,11H,6-10H2,1H3,(H,19,23). The SMILES string of the molecule is CC1CN(C(=O)c2ccc(N3CCNC3=O)cc2)CCC1(F)F. The van der Waals surface area contributed by atoms with Crippen LogP contribution in [0.1, 0.15) is 23.7 Å². The van der Waals surface area contributed by atoms with Crippen molar-refractivity contribution >= 4 is 17.6 Å². The Bertz CT molecular complexity index is 618. The molecule has 0 radical (unpaired) electrons. The number of anilines is 1. The van der Waals surface area contributed by atoms with Gasteiger partial charge in [-0.1, -0.05) is 6.92 Å². The minimum atomic E-state index is -2.70. The van der Waals surface area contributed by atoms with Crippen LogP contribution in [0.5, 0.6) is 0 Å². The molecule has 23 heavy (non-hydrogen) atoms. The van der Waals surface area contributed by atoms with Crippen LogP contribution < -0.4 is 10.2 Å². The molecule has 3 amide bonds. The van der Waals surface area contributed by atoms with Crippen molar-refractivity contribution in [2.75, 3.05) is 31.1 Å². The fourth-order valence-corrected chi connectivity index (χ4v) is 2.95. The maximum absolute atomic E-state index is 13.5. The number of hydrogen-bond acceptors (Lipinski definition) is 2. The summed E-state index contributed by atoms with van der Waals surface area (Å²) in [5.41, 5.74) is 1.17. The van der Waals surface area contributed by atoms with Gasteiger partial charge in [-0.05, 0) is 24.3 Å².